The predicted molar refractivity (Wildman–Crippen MR) is 65.9 cm³/mol. The second-order valence-electron chi connectivity index (χ2n) is 6.48. The molecular formula is C12H23NO2S. The first-order valence-electron chi connectivity index (χ1n) is 6.24. The maximum absolute atomic E-state index is 12.0. The van der Waals surface area contributed by atoms with Gasteiger partial charge < -0.3 is 5.73 Å². The van der Waals surface area contributed by atoms with Gasteiger partial charge in [0, 0.05) is 5.54 Å². The van der Waals surface area contributed by atoms with Crippen molar-refractivity contribution in [1.82, 2.24) is 0 Å². The Bertz CT molecular complexity index is 356. The smallest absolute Gasteiger partial charge is 0.152 e. The molecule has 2 fully saturated rings. The second-order valence-corrected chi connectivity index (χ2v) is 8.59. The Morgan fingerprint density at radius 2 is 1.94 bits per heavy atom. The van der Waals surface area contributed by atoms with Gasteiger partial charge in [-0.1, -0.05) is 6.42 Å². The van der Waals surface area contributed by atoms with E-state index in [4.69, 9.17) is 5.73 Å². The number of rotatable bonds is 4. The summed E-state index contributed by atoms with van der Waals surface area (Å²) in [5.41, 5.74) is 5.19. The number of fused-ring (bicyclic) bond motifs is 2. The van der Waals surface area contributed by atoms with Gasteiger partial charge in [0.25, 0.3) is 0 Å². The molecule has 0 radical (unpaired) electrons. The van der Waals surface area contributed by atoms with Crippen molar-refractivity contribution < 1.29 is 8.42 Å². The van der Waals surface area contributed by atoms with Crippen molar-refractivity contribution in [2.24, 2.45) is 23.5 Å². The van der Waals surface area contributed by atoms with Gasteiger partial charge in [0.05, 0.1) is 11.5 Å². The second kappa shape index (κ2) is 3.98. The Morgan fingerprint density at radius 3 is 2.38 bits per heavy atom. The van der Waals surface area contributed by atoms with Gasteiger partial charge in [0.2, 0.25) is 0 Å². The molecule has 2 bridgehead atoms. The normalized spacial score (nSPS) is 34.6. The molecule has 0 aliphatic heterocycles. The van der Waals surface area contributed by atoms with Crippen LogP contribution in [0, 0.1) is 17.8 Å². The summed E-state index contributed by atoms with van der Waals surface area (Å²) in [6, 6.07) is 0. The van der Waals surface area contributed by atoms with Crippen LogP contribution in [0.5, 0.6) is 0 Å². The molecule has 94 valence electrons. The van der Waals surface area contributed by atoms with Crippen LogP contribution < -0.4 is 5.73 Å². The highest BCUT2D eigenvalue weighted by atomic mass is 32.2. The standard InChI is InChI=1S/C12H23NO2S/c1-12(2,13)8-16(14,15)7-11-6-9-3-4-10(11)5-9/h9-11H,3-8,13H2,1-2H3. The molecule has 0 aromatic carbocycles. The summed E-state index contributed by atoms with van der Waals surface area (Å²) >= 11 is 0. The van der Waals surface area contributed by atoms with Crippen LogP contribution in [0.3, 0.4) is 0 Å². The van der Waals surface area contributed by atoms with E-state index in [0.717, 1.165) is 12.3 Å². The van der Waals surface area contributed by atoms with Gasteiger partial charge in [-0.15, -0.1) is 0 Å². The van der Waals surface area contributed by atoms with Gasteiger partial charge >= 0.3 is 0 Å². The lowest BCUT2D eigenvalue weighted by Gasteiger charge is -2.24. The van der Waals surface area contributed by atoms with E-state index < -0.39 is 15.4 Å². The average Bonchev–Trinajstić information content (AvgIpc) is 2.57. The maximum Gasteiger partial charge on any atom is 0.152 e. The number of hydrogen-bond acceptors (Lipinski definition) is 3. The van der Waals surface area contributed by atoms with Crippen molar-refractivity contribution >= 4 is 9.84 Å². The van der Waals surface area contributed by atoms with E-state index in [1.54, 1.807) is 13.8 Å². The predicted octanol–water partition coefficient (Wildman–Crippen LogP) is 1.57. The first kappa shape index (κ1) is 12.4. The summed E-state index contributed by atoms with van der Waals surface area (Å²) in [5, 5.41) is 0. The quantitative estimate of drug-likeness (QED) is 0.818. The molecule has 0 aromatic rings. The molecule has 0 amide bonds. The van der Waals surface area contributed by atoms with Gasteiger partial charge in [0.1, 0.15) is 0 Å². The molecule has 2 aliphatic carbocycles. The molecule has 2 rings (SSSR count). The van der Waals surface area contributed by atoms with Gasteiger partial charge in [-0.05, 0) is 50.9 Å². The molecule has 3 atom stereocenters. The summed E-state index contributed by atoms with van der Waals surface area (Å²) in [4.78, 5) is 0. The highest BCUT2D eigenvalue weighted by Gasteiger charge is 2.41. The molecule has 2 aliphatic rings. The minimum Gasteiger partial charge on any atom is -0.325 e. The first-order chi connectivity index (χ1) is 7.25. The summed E-state index contributed by atoms with van der Waals surface area (Å²) in [6.45, 7) is 3.57. The lowest BCUT2D eigenvalue weighted by atomic mass is 9.90. The molecule has 0 saturated heterocycles. The van der Waals surface area contributed by atoms with Gasteiger partial charge in [-0.2, -0.15) is 0 Å². The number of nitrogens with two attached hydrogens (primary N) is 1. The highest BCUT2D eigenvalue weighted by Crippen LogP contribution is 2.48. The van der Waals surface area contributed by atoms with E-state index >= 15 is 0 Å². The van der Waals surface area contributed by atoms with Gasteiger partial charge in [-0.3, -0.25) is 0 Å². The van der Waals surface area contributed by atoms with E-state index in [2.05, 4.69) is 0 Å². The summed E-state index contributed by atoms with van der Waals surface area (Å²) in [5.74, 6) is 2.41. The van der Waals surface area contributed by atoms with E-state index in [0.29, 0.717) is 17.6 Å². The van der Waals surface area contributed by atoms with Crippen LogP contribution in [0.2, 0.25) is 0 Å². The molecule has 4 heteroatoms. The molecule has 3 unspecified atom stereocenters. The van der Waals surface area contributed by atoms with E-state index in [1.807, 2.05) is 0 Å². The van der Waals surface area contributed by atoms with Crippen LogP contribution >= 0.6 is 0 Å². The third-order valence-electron chi connectivity index (χ3n) is 3.94. The highest BCUT2D eigenvalue weighted by molar-refractivity contribution is 7.91. The lowest BCUT2D eigenvalue weighted by molar-refractivity contribution is 0.359. The number of hydrogen-bond donors (Lipinski definition) is 1. The third kappa shape index (κ3) is 2.98. The summed E-state index contributed by atoms with van der Waals surface area (Å²) in [6.07, 6.45) is 4.97. The van der Waals surface area contributed by atoms with Crippen LogP contribution in [0.4, 0.5) is 0 Å². The monoisotopic (exact) mass is 245 g/mol. The zero-order valence-electron chi connectivity index (χ0n) is 10.3. The molecule has 2 N–H and O–H groups in total. The molecular weight excluding hydrogens is 222 g/mol. The summed E-state index contributed by atoms with van der Waals surface area (Å²) in [7, 11) is -2.97. The molecule has 2 saturated carbocycles. The number of sulfone groups is 1. The van der Waals surface area contributed by atoms with Gasteiger partial charge in [0.15, 0.2) is 9.84 Å². The largest absolute Gasteiger partial charge is 0.325 e. The molecule has 0 aromatic heterocycles. The Kier molecular flexibility index (Phi) is 3.08. The Labute approximate surface area is 98.7 Å². The van der Waals surface area contributed by atoms with Crippen LogP contribution in [-0.4, -0.2) is 25.5 Å². The van der Waals surface area contributed by atoms with Crippen LogP contribution in [0.1, 0.15) is 39.5 Å². The Balaban J connectivity index is 1.94. The van der Waals surface area contributed by atoms with Crippen molar-refractivity contribution in [2.75, 3.05) is 11.5 Å². The molecule has 16 heavy (non-hydrogen) atoms. The Morgan fingerprint density at radius 1 is 1.25 bits per heavy atom. The Hall–Kier alpha value is -0.0900. The minimum atomic E-state index is -2.97. The fraction of sp³-hybridized carbons (Fsp3) is 1.00. The summed E-state index contributed by atoms with van der Waals surface area (Å²) < 4.78 is 24.0. The minimum absolute atomic E-state index is 0.119. The van der Waals surface area contributed by atoms with Crippen LogP contribution in [0.15, 0.2) is 0 Å². The SMILES string of the molecule is CC(C)(N)CS(=O)(=O)CC1CC2CCC1C2. The van der Waals surface area contributed by atoms with Crippen molar-refractivity contribution in [3.8, 4) is 0 Å². The van der Waals surface area contributed by atoms with E-state index in [1.165, 1.54) is 19.3 Å². The van der Waals surface area contributed by atoms with Crippen molar-refractivity contribution in [2.45, 2.75) is 45.1 Å². The zero-order valence-corrected chi connectivity index (χ0v) is 11.1. The molecule has 3 nitrogen and oxygen atoms in total. The molecule has 0 heterocycles. The average molecular weight is 245 g/mol. The first-order valence-corrected chi connectivity index (χ1v) is 8.07. The van der Waals surface area contributed by atoms with Crippen molar-refractivity contribution in [3.63, 3.8) is 0 Å². The van der Waals surface area contributed by atoms with Crippen molar-refractivity contribution in [1.29, 1.82) is 0 Å². The van der Waals surface area contributed by atoms with Crippen LogP contribution in [-0.2, 0) is 9.84 Å². The van der Waals surface area contributed by atoms with E-state index in [9.17, 15) is 8.42 Å². The zero-order chi connectivity index (χ0) is 12.0. The van der Waals surface area contributed by atoms with E-state index in [-0.39, 0.29) is 5.75 Å². The maximum atomic E-state index is 12.0. The fourth-order valence-corrected chi connectivity index (χ4v) is 5.84. The van der Waals surface area contributed by atoms with Crippen molar-refractivity contribution in [3.05, 3.63) is 0 Å². The molecule has 0 spiro atoms. The lowest BCUT2D eigenvalue weighted by Crippen LogP contribution is -2.41. The fourth-order valence-electron chi connectivity index (χ4n) is 3.53. The topological polar surface area (TPSA) is 60.2 Å². The van der Waals surface area contributed by atoms with Crippen LogP contribution in [0.25, 0.3) is 0 Å². The van der Waals surface area contributed by atoms with Gasteiger partial charge in [-0.25, -0.2) is 8.42 Å². The third-order valence-corrected chi connectivity index (χ3v) is 6.06.